The Hall–Kier alpha value is -1.98. The quantitative estimate of drug-likeness (QED) is 0.540. The molecule has 2 aromatic rings. The van der Waals surface area contributed by atoms with E-state index < -0.39 is 35.1 Å². The van der Waals surface area contributed by atoms with Gasteiger partial charge in [-0.05, 0) is 35.4 Å². The number of hydrogen-bond acceptors (Lipinski definition) is 0. The molecule has 0 fully saturated rings. The van der Waals surface area contributed by atoms with Gasteiger partial charge in [0.1, 0.15) is 17.5 Å². The molecule has 0 amide bonds. The van der Waals surface area contributed by atoms with Crippen LogP contribution in [0.5, 0.6) is 0 Å². The molecule has 136 valence electrons. The summed E-state index contributed by atoms with van der Waals surface area (Å²) in [5, 5.41) is 0. The second-order valence-electron chi connectivity index (χ2n) is 6.46. The Morgan fingerprint density at radius 1 is 0.880 bits per heavy atom. The van der Waals surface area contributed by atoms with Gasteiger partial charge in [-0.3, -0.25) is 0 Å². The third-order valence-corrected chi connectivity index (χ3v) is 4.12. The van der Waals surface area contributed by atoms with Gasteiger partial charge in [0.05, 0.1) is 5.56 Å². The lowest BCUT2D eigenvalue weighted by Crippen LogP contribution is -2.11. The van der Waals surface area contributed by atoms with E-state index in [1.165, 1.54) is 12.1 Å². The lowest BCUT2D eigenvalue weighted by molar-refractivity contribution is -0.138. The molecule has 25 heavy (non-hydrogen) atoms. The van der Waals surface area contributed by atoms with Crippen molar-refractivity contribution >= 4 is 0 Å². The van der Waals surface area contributed by atoms with Crippen molar-refractivity contribution in [2.45, 2.75) is 45.2 Å². The number of alkyl halides is 3. The van der Waals surface area contributed by atoms with Crippen molar-refractivity contribution in [3.8, 4) is 0 Å². The van der Waals surface area contributed by atoms with Crippen LogP contribution in [0.15, 0.2) is 30.3 Å². The molecule has 0 radical (unpaired) electrons. The van der Waals surface area contributed by atoms with Crippen LogP contribution in [0.3, 0.4) is 0 Å². The van der Waals surface area contributed by atoms with Gasteiger partial charge in [0.15, 0.2) is 0 Å². The smallest absolute Gasteiger partial charge is 0.207 e. The van der Waals surface area contributed by atoms with Crippen LogP contribution in [-0.2, 0) is 12.6 Å². The largest absolute Gasteiger partial charge is 0.416 e. The fourth-order valence-electron chi connectivity index (χ4n) is 2.95. The van der Waals surface area contributed by atoms with E-state index in [0.29, 0.717) is 17.7 Å². The van der Waals surface area contributed by atoms with Gasteiger partial charge in [0.2, 0.25) is 0 Å². The Morgan fingerprint density at radius 2 is 1.44 bits per heavy atom. The molecule has 0 heterocycles. The van der Waals surface area contributed by atoms with Gasteiger partial charge in [-0.25, -0.2) is 13.2 Å². The predicted molar refractivity (Wildman–Crippen MR) is 84.0 cm³/mol. The van der Waals surface area contributed by atoms with Crippen molar-refractivity contribution in [2.24, 2.45) is 0 Å². The first kappa shape index (κ1) is 19.3. The van der Waals surface area contributed by atoms with E-state index >= 15 is 0 Å². The van der Waals surface area contributed by atoms with Crippen molar-refractivity contribution in [3.05, 3.63) is 70.0 Å². The lowest BCUT2D eigenvalue weighted by Gasteiger charge is -2.19. The van der Waals surface area contributed by atoms with Crippen LogP contribution < -0.4 is 0 Å². The molecule has 0 saturated heterocycles. The molecule has 0 aliphatic carbocycles. The van der Waals surface area contributed by atoms with E-state index in [2.05, 4.69) is 0 Å². The van der Waals surface area contributed by atoms with Crippen LogP contribution >= 0.6 is 0 Å². The monoisotopic (exact) mass is 360 g/mol. The lowest BCUT2D eigenvalue weighted by atomic mass is 9.89. The summed E-state index contributed by atoms with van der Waals surface area (Å²) >= 11 is 0. The van der Waals surface area contributed by atoms with Gasteiger partial charge in [-0.2, -0.15) is 13.2 Å². The summed E-state index contributed by atoms with van der Waals surface area (Å²) in [5.74, 6) is -4.02. The molecule has 1 atom stereocenters. The summed E-state index contributed by atoms with van der Waals surface area (Å²) in [7, 11) is 0. The van der Waals surface area contributed by atoms with Crippen molar-refractivity contribution in [2.75, 3.05) is 0 Å². The highest BCUT2D eigenvalue weighted by atomic mass is 19.4. The summed E-state index contributed by atoms with van der Waals surface area (Å²) in [6, 6.07) is 4.92. The number of halogens is 6. The summed E-state index contributed by atoms with van der Waals surface area (Å²) < 4.78 is 80.0. The van der Waals surface area contributed by atoms with Crippen LogP contribution in [0, 0.1) is 17.5 Å². The standard InChI is InChI=1S/C19H18F6/c1-10(2)14-7-12(4-5-15(14)19(23,24)25)6-11(3)18-16(21)8-13(20)9-17(18)22/h4-5,7-11H,6H2,1-3H3. The normalized spacial score (nSPS) is 13.4. The first-order valence-corrected chi connectivity index (χ1v) is 7.85. The molecule has 0 aliphatic heterocycles. The molecule has 0 bridgehead atoms. The first-order chi connectivity index (χ1) is 11.5. The zero-order chi connectivity index (χ0) is 18.9. The van der Waals surface area contributed by atoms with E-state index in [0.717, 1.165) is 6.07 Å². The maximum atomic E-state index is 13.9. The Balaban J connectivity index is 2.36. The summed E-state index contributed by atoms with van der Waals surface area (Å²) in [6.07, 6.45) is -4.32. The maximum absolute atomic E-state index is 13.9. The Bertz CT molecular complexity index is 738. The van der Waals surface area contributed by atoms with Crippen LogP contribution in [-0.4, -0.2) is 0 Å². The number of rotatable bonds is 4. The second kappa shape index (κ2) is 7.10. The topological polar surface area (TPSA) is 0 Å². The molecule has 0 saturated carbocycles. The fraction of sp³-hybridized carbons (Fsp3) is 0.368. The zero-order valence-electron chi connectivity index (χ0n) is 14.0. The molecule has 6 heteroatoms. The molecule has 1 unspecified atom stereocenters. The molecule has 2 aromatic carbocycles. The minimum atomic E-state index is -4.46. The Kier molecular flexibility index (Phi) is 5.49. The van der Waals surface area contributed by atoms with E-state index in [9.17, 15) is 26.3 Å². The molecular formula is C19H18F6. The molecule has 0 aromatic heterocycles. The fourth-order valence-corrected chi connectivity index (χ4v) is 2.95. The third kappa shape index (κ3) is 4.35. The molecule has 0 N–H and O–H groups in total. The average molecular weight is 360 g/mol. The highest BCUT2D eigenvalue weighted by Gasteiger charge is 2.34. The first-order valence-electron chi connectivity index (χ1n) is 7.85. The van der Waals surface area contributed by atoms with Crippen LogP contribution in [0.2, 0.25) is 0 Å². The summed E-state index contributed by atoms with van der Waals surface area (Å²) in [6.45, 7) is 4.85. The molecule has 0 nitrogen and oxygen atoms in total. The van der Waals surface area contributed by atoms with E-state index in [4.69, 9.17) is 0 Å². The SMILES string of the molecule is CC(C)c1cc(CC(C)c2c(F)cc(F)cc2F)ccc1C(F)(F)F. The molecule has 0 aliphatic rings. The number of hydrogen-bond donors (Lipinski definition) is 0. The molecular weight excluding hydrogens is 342 g/mol. The zero-order valence-corrected chi connectivity index (χ0v) is 14.0. The van der Waals surface area contributed by atoms with Gasteiger partial charge in [0.25, 0.3) is 0 Å². The van der Waals surface area contributed by atoms with E-state index in [1.807, 2.05) is 0 Å². The Labute approximate surface area is 142 Å². The molecule has 2 rings (SSSR count). The van der Waals surface area contributed by atoms with Crippen molar-refractivity contribution in [1.29, 1.82) is 0 Å². The van der Waals surface area contributed by atoms with Crippen molar-refractivity contribution < 1.29 is 26.3 Å². The molecule has 0 spiro atoms. The van der Waals surface area contributed by atoms with Gasteiger partial charge in [0, 0.05) is 17.7 Å². The minimum absolute atomic E-state index is 0.136. The average Bonchev–Trinajstić information content (AvgIpc) is 2.44. The van der Waals surface area contributed by atoms with Crippen LogP contribution in [0.1, 0.15) is 54.9 Å². The van der Waals surface area contributed by atoms with Crippen LogP contribution in [0.25, 0.3) is 0 Å². The highest BCUT2D eigenvalue weighted by Crippen LogP contribution is 2.36. The summed E-state index contributed by atoms with van der Waals surface area (Å²) in [4.78, 5) is 0. The van der Waals surface area contributed by atoms with Gasteiger partial charge in [-0.15, -0.1) is 0 Å². The maximum Gasteiger partial charge on any atom is 0.416 e. The predicted octanol–water partition coefficient (Wildman–Crippen LogP) is 6.59. The summed E-state index contributed by atoms with van der Waals surface area (Å²) in [5.41, 5.74) is -0.310. The van der Waals surface area contributed by atoms with Gasteiger partial charge < -0.3 is 0 Å². The minimum Gasteiger partial charge on any atom is -0.207 e. The highest BCUT2D eigenvalue weighted by molar-refractivity contribution is 5.37. The second-order valence-corrected chi connectivity index (χ2v) is 6.46. The van der Waals surface area contributed by atoms with Gasteiger partial charge in [-0.1, -0.05) is 32.9 Å². The van der Waals surface area contributed by atoms with Gasteiger partial charge >= 0.3 is 6.18 Å². The van der Waals surface area contributed by atoms with E-state index in [1.54, 1.807) is 20.8 Å². The number of benzene rings is 2. The third-order valence-electron chi connectivity index (χ3n) is 4.12. The van der Waals surface area contributed by atoms with Crippen molar-refractivity contribution in [3.63, 3.8) is 0 Å². The van der Waals surface area contributed by atoms with Crippen LogP contribution in [0.4, 0.5) is 26.3 Å². The Morgan fingerprint density at radius 3 is 1.92 bits per heavy atom. The van der Waals surface area contributed by atoms with Crippen molar-refractivity contribution in [1.82, 2.24) is 0 Å². The van der Waals surface area contributed by atoms with E-state index in [-0.39, 0.29) is 23.5 Å².